The van der Waals surface area contributed by atoms with Gasteiger partial charge in [-0.1, -0.05) is 55.5 Å². The minimum absolute atomic E-state index is 0.342. The van der Waals surface area contributed by atoms with E-state index in [1.54, 1.807) is 19.1 Å². The summed E-state index contributed by atoms with van der Waals surface area (Å²) < 4.78 is 34.2. The van der Waals surface area contributed by atoms with Gasteiger partial charge in [-0.15, -0.1) is 0 Å². The molecule has 3 heteroatoms. The summed E-state index contributed by atoms with van der Waals surface area (Å²) in [6.45, 7) is 4.47. The zero-order chi connectivity index (χ0) is 22.5. The van der Waals surface area contributed by atoms with Crippen LogP contribution in [0.15, 0.2) is 54.4 Å². The smallest absolute Gasteiger partial charge is 0.181 e. The number of allylic oxidation sites excluding steroid dienone is 4. The van der Waals surface area contributed by atoms with Crippen molar-refractivity contribution in [3.05, 3.63) is 65.5 Å². The number of halogens is 2. The molecule has 0 saturated heterocycles. The Morgan fingerprint density at radius 3 is 2.31 bits per heavy atom. The van der Waals surface area contributed by atoms with E-state index in [2.05, 4.69) is 31.2 Å². The van der Waals surface area contributed by atoms with Gasteiger partial charge in [0, 0.05) is 12.2 Å². The summed E-state index contributed by atoms with van der Waals surface area (Å²) in [4.78, 5) is 0. The van der Waals surface area contributed by atoms with Gasteiger partial charge in [0.1, 0.15) is 11.9 Å². The SMILES string of the molecule is CCOC1C=CC(c2ccc(C3CCC(CCC4C=CC(C)CC4)CC3)cc2)=C(F)C1F. The lowest BCUT2D eigenvalue weighted by Crippen LogP contribution is -2.27. The Hall–Kier alpha value is -1.74. The van der Waals surface area contributed by atoms with E-state index in [-0.39, 0.29) is 0 Å². The summed E-state index contributed by atoms with van der Waals surface area (Å²) in [5.41, 5.74) is 2.42. The second-order valence-corrected chi connectivity index (χ2v) is 10.1. The van der Waals surface area contributed by atoms with Gasteiger partial charge < -0.3 is 4.74 Å². The summed E-state index contributed by atoms with van der Waals surface area (Å²) in [6, 6.07) is 8.13. The number of ether oxygens (including phenoxy) is 1. The van der Waals surface area contributed by atoms with Gasteiger partial charge in [0.25, 0.3) is 0 Å². The Bertz CT molecular complexity index is 829. The van der Waals surface area contributed by atoms with Crippen molar-refractivity contribution in [3.63, 3.8) is 0 Å². The highest BCUT2D eigenvalue weighted by Gasteiger charge is 2.30. The first-order valence-electron chi connectivity index (χ1n) is 12.7. The van der Waals surface area contributed by atoms with E-state index in [1.807, 2.05) is 12.1 Å². The van der Waals surface area contributed by atoms with Crippen LogP contribution in [-0.4, -0.2) is 18.9 Å². The fraction of sp³-hybridized carbons (Fsp3) is 0.586. The van der Waals surface area contributed by atoms with Crippen molar-refractivity contribution in [2.75, 3.05) is 6.61 Å². The zero-order valence-electron chi connectivity index (χ0n) is 19.6. The zero-order valence-corrected chi connectivity index (χ0v) is 19.6. The summed E-state index contributed by atoms with van der Waals surface area (Å²) in [7, 11) is 0. The van der Waals surface area contributed by atoms with Crippen molar-refractivity contribution in [1.29, 1.82) is 0 Å². The Morgan fingerprint density at radius 1 is 0.906 bits per heavy atom. The predicted molar refractivity (Wildman–Crippen MR) is 129 cm³/mol. The number of alkyl halides is 1. The molecule has 0 aliphatic heterocycles. The maximum atomic E-state index is 14.6. The molecule has 4 atom stereocenters. The number of hydrogen-bond acceptors (Lipinski definition) is 1. The maximum absolute atomic E-state index is 14.6. The lowest BCUT2D eigenvalue weighted by Gasteiger charge is -2.30. The third-order valence-electron chi connectivity index (χ3n) is 7.79. The average molecular weight is 441 g/mol. The standard InChI is InChI=1S/C29H38F2O/c1-3-32-27-19-18-26(28(30)29(27)31)25-16-14-24(15-17-25)23-12-10-22(11-13-23)9-8-21-6-4-20(2)5-7-21/h4,6,14-23,27,29H,3,5,7-13H2,1-2H3. The van der Waals surface area contributed by atoms with E-state index in [9.17, 15) is 8.78 Å². The molecular weight excluding hydrogens is 402 g/mol. The number of hydrogen-bond donors (Lipinski definition) is 0. The van der Waals surface area contributed by atoms with Crippen LogP contribution in [0.25, 0.3) is 5.57 Å². The molecule has 1 nitrogen and oxygen atoms in total. The molecule has 3 aliphatic carbocycles. The highest BCUT2D eigenvalue weighted by atomic mass is 19.2. The molecule has 1 fully saturated rings. The van der Waals surface area contributed by atoms with Crippen molar-refractivity contribution in [3.8, 4) is 0 Å². The molecule has 0 N–H and O–H groups in total. The summed E-state index contributed by atoms with van der Waals surface area (Å²) in [5, 5.41) is 0. The van der Waals surface area contributed by atoms with Crippen LogP contribution >= 0.6 is 0 Å². The largest absolute Gasteiger partial charge is 0.371 e. The molecule has 0 heterocycles. The molecule has 174 valence electrons. The molecule has 1 aromatic rings. The third kappa shape index (κ3) is 5.60. The average Bonchev–Trinajstić information content (AvgIpc) is 2.82. The Labute approximate surface area is 192 Å². The number of rotatable bonds is 7. The molecule has 32 heavy (non-hydrogen) atoms. The van der Waals surface area contributed by atoms with Crippen molar-refractivity contribution in [2.45, 2.75) is 83.4 Å². The van der Waals surface area contributed by atoms with Crippen LogP contribution in [0.3, 0.4) is 0 Å². The molecule has 0 radical (unpaired) electrons. The third-order valence-corrected chi connectivity index (χ3v) is 7.79. The quantitative estimate of drug-likeness (QED) is 0.387. The molecule has 0 aromatic heterocycles. The van der Waals surface area contributed by atoms with Gasteiger partial charge in [0.05, 0.1) is 0 Å². The lowest BCUT2D eigenvalue weighted by molar-refractivity contribution is 0.0407. The minimum Gasteiger partial charge on any atom is -0.371 e. The van der Waals surface area contributed by atoms with Gasteiger partial charge >= 0.3 is 0 Å². The molecule has 3 aliphatic rings. The fourth-order valence-electron chi connectivity index (χ4n) is 5.65. The summed E-state index contributed by atoms with van der Waals surface area (Å²) >= 11 is 0. The van der Waals surface area contributed by atoms with Gasteiger partial charge in [0.15, 0.2) is 6.17 Å². The van der Waals surface area contributed by atoms with Gasteiger partial charge in [0.2, 0.25) is 0 Å². The number of benzene rings is 1. The molecule has 4 rings (SSSR count). The first-order valence-corrected chi connectivity index (χ1v) is 12.7. The first kappa shape index (κ1) is 23.4. The molecule has 0 bridgehead atoms. The Kier molecular flexibility index (Phi) is 7.99. The minimum atomic E-state index is -1.72. The van der Waals surface area contributed by atoms with E-state index >= 15 is 0 Å². The monoisotopic (exact) mass is 440 g/mol. The van der Waals surface area contributed by atoms with Gasteiger partial charge in [-0.05, 0) is 93.1 Å². The van der Waals surface area contributed by atoms with Crippen LogP contribution in [-0.2, 0) is 4.74 Å². The van der Waals surface area contributed by atoms with E-state index in [4.69, 9.17) is 4.74 Å². The molecule has 1 saturated carbocycles. The van der Waals surface area contributed by atoms with Gasteiger partial charge in [-0.25, -0.2) is 8.78 Å². The highest BCUT2D eigenvalue weighted by molar-refractivity contribution is 5.77. The van der Waals surface area contributed by atoms with Crippen molar-refractivity contribution >= 4 is 5.57 Å². The van der Waals surface area contributed by atoms with E-state index < -0.39 is 18.1 Å². The summed E-state index contributed by atoms with van der Waals surface area (Å²) in [5.74, 6) is 2.30. The van der Waals surface area contributed by atoms with Crippen LogP contribution in [0.2, 0.25) is 0 Å². The van der Waals surface area contributed by atoms with Crippen molar-refractivity contribution in [1.82, 2.24) is 0 Å². The van der Waals surface area contributed by atoms with Crippen molar-refractivity contribution in [2.24, 2.45) is 17.8 Å². The normalized spacial score (nSPS) is 33.0. The molecule has 0 spiro atoms. The van der Waals surface area contributed by atoms with Crippen LogP contribution in [0, 0.1) is 17.8 Å². The summed E-state index contributed by atoms with van der Waals surface area (Å²) in [6.07, 6.45) is 16.1. The van der Waals surface area contributed by atoms with E-state index in [1.165, 1.54) is 56.9 Å². The molecule has 4 unspecified atom stereocenters. The van der Waals surface area contributed by atoms with Crippen LogP contribution < -0.4 is 0 Å². The highest BCUT2D eigenvalue weighted by Crippen LogP contribution is 2.39. The predicted octanol–water partition coefficient (Wildman–Crippen LogP) is 8.34. The van der Waals surface area contributed by atoms with E-state index in [0.29, 0.717) is 18.1 Å². The van der Waals surface area contributed by atoms with Crippen LogP contribution in [0.5, 0.6) is 0 Å². The van der Waals surface area contributed by atoms with Crippen LogP contribution in [0.4, 0.5) is 8.78 Å². The molecule has 1 aromatic carbocycles. The fourth-order valence-corrected chi connectivity index (χ4v) is 5.65. The van der Waals surface area contributed by atoms with Gasteiger partial charge in [-0.2, -0.15) is 0 Å². The Morgan fingerprint density at radius 2 is 1.66 bits per heavy atom. The molecular formula is C29H38F2O. The van der Waals surface area contributed by atoms with Crippen molar-refractivity contribution < 1.29 is 13.5 Å². The van der Waals surface area contributed by atoms with E-state index in [0.717, 1.165) is 23.3 Å². The second-order valence-electron chi connectivity index (χ2n) is 10.1. The second kappa shape index (κ2) is 10.9. The first-order chi connectivity index (χ1) is 15.5. The maximum Gasteiger partial charge on any atom is 0.181 e. The lowest BCUT2D eigenvalue weighted by atomic mass is 9.75. The van der Waals surface area contributed by atoms with Crippen LogP contribution in [0.1, 0.15) is 82.3 Å². The molecule has 0 amide bonds. The van der Waals surface area contributed by atoms with Gasteiger partial charge in [-0.3, -0.25) is 0 Å². The Balaban J connectivity index is 1.29. The topological polar surface area (TPSA) is 9.23 Å².